The number of nitrogens with one attached hydrogen (secondary N) is 1. The number of carbonyl (C=O) groups is 1. The van der Waals surface area contributed by atoms with Crippen LogP contribution in [-0.2, 0) is 9.53 Å². The summed E-state index contributed by atoms with van der Waals surface area (Å²) in [5.41, 5.74) is 5.60. The van der Waals surface area contributed by atoms with Gasteiger partial charge in [0, 0.05) is 0 Å². The lowest BCUT2D eigenvalue weighted by atomic mass is 10.1. The van der Waals surface area contributed by atoms with Crippen LogP contribution in [0, 0.1) is 0 Å². The van der Waals surface area contributed by atoms with Crippen molar-refractivity contribution >= 4 is 5.91 Å². The smallest absolute Gasteiger partial charge is 0.237 e. The van der Waals surface area contributed by atoms with E-state index < -0.39 is 0 Å². The normalized spacial score (nSPS) is 19.8. The molecular formula is C8H16N2O2. The third-order valence-corrected chi connectivity index (χ3v) is 1.92. The molecule has 3 N–H and O–H groups in total. The molecule has 1 rings (SSSR count). The Bertz CT molecular complexity index is 157. The summed E-state index contributed by atoms with van der Waals surface area (Å²) in [4.78, 5) is 11.2. The van der Waals surface area contributed by atoms with Gasteiger partial charge in [0.25, 0.3) is 0 Å². The molecule has 0 saturated carbocycles. The fourth-order valence-electron chi connectivity index (χ4n) is 1.07. The van der Waals surface area contributed by atoms with E-state index in [-0.39, 0.29) is 18.0 Å². The number of nitrogens with two attached hydrogens (primary N) is 1. The molecule has 0 aromatic rings. The predicted octanol–water partition coefficient (Wildman–Crippen LogP) is -0.371. The van der Waals surface area contributed by atoms with Crippen molar-refractivity contribution in [1.82, 2.24) is 5.32 Å². The Balaban J connectivity index is 2.16. The summed E-state index contributed by atoms with van der Waals surface area (Å²) in [5.74, 6) is -0.0508. The zero-order chi connectivity index (χ0) is 8.97. The number of carbonyl (C=O) groups excluding carboxylic acids is 1. The quantitative estimate of drug-likeness (QED) is 0.608. The van der Waals surface area contributed by atoms with Crippen LogP contribution in [0.5, 0.6) is 0 Å². The second-order valence-corrected chi connectivity index (χ2v) is 3.14. The molecule has 1 aliphatic rings. The molecule has 4 heteroatoms. The highest BCUT2D eigenvalue weighted by atomic mass is 16.5. The first-order valence-corrected chi connectivity index (χ1v) is 4.37. The van der Waals surface area contributed by atoms with Crippen LogP contribution in [-0.4, -0.2) is 31.2 Å². The second kappa shape index (κ2) is 4.42. The topological polar surface area (TPSA) is 64.4 Å². The molecule has 1 aliphatic heterocycles. The predicted molar refractivity (Wildman–Crippen MR) is 45.6 cm³/mol. The summed E-state index contributed by atoms with van der Waals surface area (Å²) in [6.45, 7) is 3.27. The van der Waals surface area contributed by atoms with Crippen molar-refractivity contribution in [2.45, 2.75) is 31.8 Å². The Hall–Kier alpha value is -0.610. The maximum absolute atomic E-state index is 11.2. The summed E-state index contributed by atoms with van der Waals surface area (Å²) in [6, 6.07) is -0.156. The van der Waals surface area contributed by atoms with Gasteiger partial charge < -0.3 is 15.8 Å². The van der Waals surface area contributed by atoms with E-state index in [0.717, 1.165) is 12.8 Å². The summed E-state index contributed by atoms with van der Waals surface area (Å²) in [6.07, 6.45) is 1.69. The molecule has 1 unspecified atom stereocenters. The van der Waals surface area contributed by atoms with Gasteiger partial charge in [-0.1, -0.05) is 13.3 Å². The number of hydrogen-bond donors (Lipinski definition) is 2. The van der Waals surface area contributed by atoms with E-state index in [1.165, 1.54) is 0 Å². The van der Waals surface area contributed by atoms with E-state index in [1.54, 1.807) is 0 Å². The summed E-state index contributed by atoms with van der Waals surface area (Å²) in [7, 11) is 0. The fraction of sp³-hybridized carbons (Fsp3) is 0.875. The van der Waals surface area contributed by atoms with Gasteiger partial charge in [-0.15, -0.1) is 0 Å². The van der Waals surface area contributed by atoms with E-state index in [9.17, 15) is 4.79 Å². The van der Waals surface area contributed by atoms with Gasteiger partial charge in [0.05, 0.1) is 25.3 Å². The first-order valence-electron chi connectivity index (χ1n) is 4.37. The van der Waals surface area contributed by atoms with E-state index in [1.807, 2.05) is 6.92 Å². The average Bonchev–Trinajstić information content (AvgIpc) is 1.97. The first-order chi connectivity index (χ1) is 5.74. The minimum atomic E-state index is -0.351. The van der Waals surface area contributed by atoms with Gasteiger partial charge in [-0.2, -0.15) is 0 Å². The summed E-state index contributed by atoms with van der Waals surface area (Å²) < 4.78 is 4.92. The highest BCUT2D eigenvalue weighted by Crippen LogP contribution is 2.01. The van der Waals surface area contributed by atoms with Crippen molar-refractivity contribution in [3.8, 4) is 0 Å². The van der Waals surface area contributed by atoms with Crippen molar-refractivity contribution in [3.05, 3.63) is 0 Å². The van der Waals surface area contributed by atoms with Gasteiger partial charge in [-0.25, -0.2) is 0 Å². The number of amides is 1. The van der Waals surface area contributed by atoms with Crippen LogP contribution >= 0.6 is 0 Å². The number of hydrogen-bond acceptors (Lipinski definition) is 3. The van der Waals surface area contributed by atoms with Crippen LogP contribution in [0.3, 0.4) is 0 Å². The molecule has 0 spiro atoms. The van der Waals surface area contributed by atoms with Crippen molar-refractivity contribution < 1.29 is 9.53 Å². The average molecular weight is 172 g/mol. The van der Waals surface area contributed by atoms with Crippen LogP contribution in [0.1, 0.15) is 19.8 Å². The van der Waals surface area contributed by atoms with E-state index in [0.29, 0.717) is 13.2 Å². The van der Waals surface area contributed by atoms with E-state index >= 15 is 0 Å². The van der Waals surface area contributed by atoms with Gasteiger partial charge in [-0.3, -0.25) is 4.79 Å². The molecule has 1 saturated heterocycles. The Labute approximate surface area is 72.5 Å². The number of rotatable bonds is 4. The Morgan fingerprint density at radius 1 is 1.75 bits per heavy atom. The SMILES string of the molecule is CCCC(N)C(=O)NC1COC1. The van der Waals surface area contributed by atoms with Crippen molar-refractivity contribution in [1.29, 1.82) is 0 Å². The molecule has 1 amide bonds. The fourth-order valence-corrected chi connectivity index (χ4v) is 1.07. The molecule has 0 aromatic heterocycles. The van der Waals surface area contributed by atoms with Crippen LogP contribution in [0.15, 0.2) is 0 Å². The molecule has 12 heavy (non-hydrogen) atoms. The van der Waals surface area contributed by atoms with Gasteiger partial charge in [0.15, 0.2) is 0 Å². The lowest BCUT2D eigenvalue weighted by Gasteiger charge is -2.27. The van der Waals surface area contributed by atoms with Crippen LogP contribution < -0.4 is 11.1 Å². The highest BCUT2D eigenvalue weighted by Gasteiger charge is 2.22. The van der Waals surface area contributed by atoms with Gasteiger partial charge in [-0.05, 0) is 6.42 Å². The molecule has 4 nitrogen and oxygen atoms in total. The maximum Gasteiger partial charge on any atom is 0.237 e. The molecule has 0 aromatic carbocycles. The molecule has 1 fully saturated rings. The zero-order valence-corrected chi connectivity index (χ0v) is 7.38. The lowest BCUT2D eigenvalue weighted by molar-refractivity contribution is -0.126. The largest absolute Gasteiger partial charge is 0.377 e. The van der Waals surface area contributed by atoms with E-state index in [4.69, 9.17) is 10.5 Å². The minimum Gasteiger partial charge on any atom is -0.377 e. The zero-order valence-electron chi connectivity index (χ0n) is 7.38. The summed E-state index contributed by atoms with van der Waals surface area (Å²) in [5, 5.41) is 2.81. The molecule has 1 heterocycles. The summed E-state index contributed by atoms with van der Waals surface area (Å²) >= 11 is 0. The maximum atomic E-state index is 11.2. The van der Waals surface area contributed by atoms with Crippen molar-refractivity contribution in [2.24, 2.45) is 5.73 Å². The van der Waals surface area contributed by atoms with Gasteiger partial charge in [0.2, 0.25) is 5.91 Å². The lowest BCUT2D eigenvalue weighted by Crippen LogP contribution is -2.53. The van der Waals surface area contributed by atoms with E-state index in [2.05, 4.69) is 5.32 Å². The van der Waals surface area contributed by atoms with Crippen LogP contribution in [0.2, 0.25) is 0 Å². The Morgan fingerprint density at radius 3 is 2.83 bits per heavy atom. The van der Waals surface area contributed by atoms with Crippen molar-refractivity contribution in [3.63, 3.8) is 0 Å². The second-order valence-electron chi connectivity index (χ2n) is 3.14. The Kier molecular flexibility index (Phi) is 3.49. The molecule has 1 atom stereocenters. The molecular weight excluding hydrogens is 156 g/mol. The molecule has 0 bridgehead atoms. The Morgan fingerprint density at radius 2 is 2.42 bits per heavy atom. The van der Waals surface area contributed by atoms with Crippen molar-refractivity contribution in [2.75, 3.05) is 13.2 Å². The third kappa shape index (κ3) is 2.46. The molecule has 70 valence electrons. The monoisotopic (exact) mass is 172 g/mol. The van der Waals surface area contributed by atoms with Gasteiger partial charge in [0.1, 0.15) is 0 Å². The van der Waals surface area contributed by atoms with Gasteiger partial charge >= 0.3 is 0 Å². The first kappa shape index (κ1) is 9.48. The minimum absolute atomic E-state index is 0.0508. The molecule has 0 aliphatic carbocycles. The highest BCUT2D eigenvalue weighted by molar-refractivity contribution is 5.81. The van der Waals surface area contributed by atoms with Crippen LogP contribution in [0.25, 0.3) is 0 Å². The van der Waals surface area contributed by atoms with Crippen LogP contribution in [0.4, 0.5) is 0 Å². The molecule has 0 radical (unpaired) electrons. The standard InChI is InChI=1S/C8H16N2O2/c1-2-3-7(9)8(11)10-6-4-12-5-6/h6-7H,2-5,9H2,1H3,(H,10,11). The third-order valence-electron chi connectivity index (χ3n) is 1.92. The number of ether oxygens (including phenoxy) is 1.